The maximum absolute atomic E-state index is 11.3. The van der Waals surface area contributed by atoms with E-state index in [0.29, 0.717) is 11.7 Å². The van der Waals surface area contributed by atoms with Crippen LogP contribution >= 0.6 is 0 Å². The van der Waals surface area contributed by atoms with Crippen LogP contribution in [0.3, 0.4) is 0 Å². The lowest BCUT2D eigenvalue weighted by Crippen LogP contribution is -2.15. The Hall–Kier alpha value is -2.92. The number of hydrogen-bond acceptors (Lipinski definition) is 4. The fourth-order valence-electron chi connectivity index (χ4n) is 4.08. The minimum atomic E-state index is -0.161. The lowest BCUT2D eigenvalue weighted by atomic mass is 9.87. The summed E-state index contributed by atoms with van der Waals surface area (Å²) in [5, 5.41) is 17.5. The lowest BCUT2D eigenvalue weighted by Gasteiger charge is -2.19. The first-order chi connectivity index (χ1) is 17.9. The molecule has 2 aromatic rings. The molecule has 0 radical (unpaired) electrons. The van der Waals surface area contributed by atoms with Gasteiger partial charge in [-0.25, -0.2) is 4.98 Å². The molecular formula is C32H49N3O2. The molecule has 1 heterocycles. The minimum absolute atomic E-state index is 0.161. The monoisotopic (exact) mass is 507 g/mol. The maximum Gasteiger partial charge on any atom is 0.222 e. The van der Waals surface area contributed by atoms with Crippen LogP contribution in [-0.4, -0.2) is 29.1 Å². The number of pyridine rings is 1. The molecule has 1 unspecified atom stereocenters. The fourth-order valence-corrected chi connectivity index (χ4v) is 4.08. The van der Waals surface area contributed by atoms with Crippen LogP contribution in [0, 0.1) is 5.92 Å². The standard InChI is InChI=1S/C30H43N3O2.C2H6/c1-6-18-31-19-11-9-10-13-24(8-3)20-28(22(4)7-2)27-15-12-14-26(30(27)35)25-16-17-29(32-21-25)33-23(5)34;1-2/h8,12,14-17,20-22,31,35H,6-7,9-11,13,18-19H2,1-5H3,(H,32,33,34);1-2H3/b24-8-,28-20+;. The Bertz CT molecular complexity index is 994. The van der Waals surface area contributed by atoms with E-state index in [1.54, 1.807) is 12.3 Å². The van der Waals surface area contributed by atoms with Gasteiger partial charge >= 0.3 is 0 Å². The van der Waals surface area contributed by atoms with Crippen molar-refractivity contribution >= 4 is 17.3 Å². The molecule has 3 N–H and O–H groups in total. The average Bonchev–Trinajstić information content (AvgIpc) is 2.91. The predicted octanol–water partition coefficient (Wildman–Crippen LogP) is 8.37. The fraction of sp³-hybridized carbons (Fsp3) is 0.500. The highest BCUT2D eigenvalue weighted by molar-refractivity contribution is 5.88. The van der Waals surface area contributed by atoms with E-state index in [-0.39, 0.29) is 11.7 Å². The number of para-hydroxylation sites is 1. The smallest absolute Gasteiger partial charge is 0.222 e. The van der Waals surface area contributed by atoms with Gasteiger partial charge in [-0.3, -0.25) is 4.79 Å². The molecule has 1 atom stereocenters. The van der Waals surface area contributed by atoms with E-state index in [1.807, 2.05) is 38.1 Å². The zero-order chi connectivity index (χ0) is 27.6. The number of amides is 1. The first-order valence-electron chi connectivity index (χ1n) is 14.0. The molecule has 0 saturated heterocycles. The van der Waals surface area contributed by atoms with E-state index < -0.39 is 0 Å². The van der Waals surface area contributed by atoms with Crippen LogP contribution in [0.1, 0.15) is 92.6 Å². The number of anilines is 1. The number of allylic oxidation sites excluding steroid dienone is 4. The first-order valence-corrected chi connectivity index (χ1v) is 14.0. The Morgan fingerprint density at radius 1 is 1.08 bits per heavy atom. The van der Waals surface area contributed by atoms with Crippen molar-refractivity contribution in [3.05, 3.63) is 59.8 Å². The Balaban J connectivity index is 0.00000334. The molecule has 37 heavy (non-hydrogen) atoms. The number of phenols is 1. The summed E-state index contributed by atoms with van der Waals surface area (Å²) in [4.78, 5) is 15.6. The van der Waals surface area contributed by atoms with Crippen molar-refractivity contribution in [2.45, 2.75) is 87.0 Å². The number of nitrogens with one attached hydrogen (secondary N) is 2. The van der Waals surface area contributed by atoms with Crippen LogP contribution in [0.15, 0.2) is 54.3 Å². The van der Waals surface area contributed by atoms with Crippen molar-refractivity contribution in [2.24, 2.45) is 5.92 Å². The topological polar surface area (TPSA) is 74.2 Å². The number of carbonyl (C=O) groups excluding carboxylic acids is 1. The van der Waals surface area contributed by atoms with Crippen molar-refractivity contribution in [2.75, 3.05) is 18.4 Å². The number of hydrogen-bond donors (Lipinski definition) is 3. The highest BCUT2D eigenvalue weighted by Gasteiger charge is 2.17. The summed E-state index contributed by atoms with van der Waals surface area (Å²) in [7, 11) is 0. The molecule has 0 aliphatic carbocycles. The van der Waals surface area contributed by atoms with Crippen LogP contribution in [0.4, 0.5) is 5.82 Å². The lowest BCUT2D eigenvalue weighted by molar-refractivity contribution is -0.114. The third-order valence-corrected chi connectivity index (χ3v) is 6.33. The van der Waals surface area contributed by atoms with Crippen molar-refractivity contribution in [3.8, 4) is 16.9 Å². The van der Waals surface area contributed by atoms with Crippen LogP contribution in [0.25, 0.3) is 16.7 Å². The van der Waals surface area contributed by atoms with E-state index in [4.69, 9.17) is 0 Å². The summed E-state index contributed by atoms with van der Waals surface area (Å²) in [6.07, 6.45) is 12.9. The van der Waals surface area contributed by atoms with Crippen molar-refractivity contribution in [1.82, 2.24) is 10.3 Å². The number of rotatable bonds is 14. The molecule has 2 rings (SSSR count). The van der Waals surface area contributed by atoms with Crippen LogP contribution in [0.5, 0.6) is 5.75 Å². The minimum Gasteiger partial charge on any atom is -0.507 e. The summed E-state index contributed by atoms with van der Waals surface area (Å²) < 4.78 is 0. The maximum atomic E-state index is 11.3. The van der Waals surface area contributed by atoms with Gasteiger partial charge in [0.05, 0.1) is 0 Å². The Morgan fingerprint density at radius 3 is 2.43 bits per heavy atom. The number of unbranched alkanes of at least 4 members (excludes halogenated alkanes) is 2. The van der Waals surface area contributed by atoms with Crippen molar-refractivity contribution < 1.29 is 9.90 Å². The summed E-state index contributed by atoms with van der Waals surface area (Å²) in [6, 6.07) is 9.52. The normalized spacial score (nSPS) is 12.5. The Kier molecular flexibility index (Phi) is 15.9. The van der Waals surface area contributed by atoms with Crippen molar-refractivity contribution in [1.29, 1.82) is 0 Å². The summed E-state index contributed by atoms with van der Waals surface area (Å²) in [5.41, 5.74) is 4.89. The quantitative estimate of drug-likeness (QED) is 0.177. The van der Waals surface area contributed by atoms with Crippen molar-refractivity contribution in [3.63, 3.8) is 0 Å². The summed E-state index contributed by atoms with van der Waals surface area (Å²) in [5.74, 6) is 0.914. The van der Waals surface area contributed by atoms with E-state index in [9.17, 15) is 9.90 Å². The second-order valence-electron chi connectivity index (χ2n) is 9.15. The molecule has 5 heteroatoms. The third-order valence-electron chi connectivity index (χ3n) is 6.33. The number of aromatic nitrogens is 1. The first kappa shape index (κ1) is 32.1. The van der Waals surface area contributed by atoms with Gasteiger partial charge in [-0.1, -0.05) is 77.0 Å². The SMILES string of the molecule is C/C=C(\C=C(\c1cccc(-c2ccc(NC(C)=O)nc2)c1O)C(C)CC)CCCCCNCCC.CC. The molecule has 0 aliphatic rings. The molecule has 1 amide bonds. The number of nitrogens with zero attached hydrogens (tertiary/aromatic N) is 1. The molecule has 0 fully saturated rings. The van der Waals surface area contributed by atoms with Gasteiger partial charge < -0.3 is 15.7 Å². The Morgan fingerprint density at radius 2 is 1.84 bits per heavy atom. The molecular weight excluding hydrogens is 458 g/mol. The van der Waals surface area contributed by atoms with Crippen LogP contribution in [-0.2, 0) is 4.79 Å². The second-order valence-corrected chi connectivity index (χ2v) is 9.15. The Labute approximate surface area is 225 Å². The number of benzene rings is 1. The van der Waals surface area contributed by atoms with Gasteiger partial charge in [-0.05, 0) is 75.7 Å². The van der Waals surface area contributed by atoms with Gasteiger partial charge in [0, 0.05) is 29.8 Å². The molecule has 0 aliphatic heterocycles. The molecule has 0 spiro atoms. The number of carbonyl (C=O) groups is 1. The highest BCUT2D eigenvalue weighted by Crippen LogP contribution is 2.39. The van der Waals surface area contributed by atoms with Gasteiger partial charge in [0.25, 0.3) is 0 Å². The molecule has 0 saturated carbocycles. The zero-order valence-electron chi connectivity index (χ0n) is 24.2. The van der Waals surface area contributed by atoms with Crippen LogP contribution in [0.2, 0.25) is 0 Å². The summed E-state index contributed by atoms with van der Waals surface area (Å²) >= 11 is 0. The molecule has 204 valence electrons. The molecule has 1 aromatic heterocycles. The van der Waals surface area contributed by atoms with E-state index in [0.717, 1.165) is 54.6 Å². The second kappa shape index (κ2) is 18.3. The largest absolute Gasteiger partial charge is 0.507 e. The van der Waals surface area contributed by atoms with E-state index >= 15 is 0 Å². The highest BCUT2D eigenvalue weighted by atomic mass is 16.3. The summed E-state index contributed by atoms with van der Waals surface area (Å²) in [6.45, 7) is 16.3. The van der Waals surface area contributed by atoms with Gasteiger partial charge in [-0.15, -0.1) is 0 Å². The predicted molar refractivity (Wildman–Crippen MR) is 160 cm³/mol. The van der Waals surface area contributed by atoms with Gasteiger partial charge in [0.1, 0.15) is 11.6 Å². The molecule has 5 nitrogen and oxygen atoms in total. The van der Waals surface area contributed by atoms with Gasteiger partial charge in [-0.2, -0.15) is 0 Å². The third kappa shape index (κ3) is 10.9. The van der Waals surface area contributed by atoms with Gasteiger partial charge in [0.2, 0.25) is 5.91 Å². The molecule has 0 bridgehead atoms. The van der Waals surface area contributed by atoms with Gasteiger partial charge in [0.15, 0.2) is 0 Å². The zero-order valence-corrected chi connectivity index (χ0v) is 24.2. The van der Waals surface area contributed by atoms with E-state index in [2.05, 4.69) is 55.5 Å². The number of phenolic OH excluding ortho intramolecular Hbond substituents is 1. The van der Waals surface area contributed by atoms with Crippen LogP contribution < -0.4 is 10.6 Å². The van der Waals surface area contributed by atoms with E-state index in [1.165, 1.54) is 31.8 Å². The average molecular weight is 508 g/mol. The number of aromatic hydroxyl groups is 1. The molecule has 1 aromatic carbocycles.